The molecule has 1 amide bonds. The molecule has 174 valence electrons. The summed E-state index contributed by atoms with van der Waals surface area (Å²) in [6.07, 6.45) is -3.31. The first-order valence-corrected chi connectivity index (χ1v) is 10.2. The molecule has 1 N–H and O–H groups in total. The number of alkyl halides is 3. The van der Waals surface area contributed by atoms with Gasteiger partial charge in [-0.3, -0.25) is 9.69 Å². The van der Waals surface area contributed by atoms with Gasteiger partial charge in [0.25, 0.3) is 0 Å². The van der Waals surface area contributed by atoms with Crippen molar-refractivity contribution in [2.75, 3.05) is 19.6 Å². The van der Waals surface area contributed by atoms with E-state index in [2.05, 4.69) is 40.4 Å². The van der Waals surface area contributed by atoms with Crippen molar-refractivity contribution in [3.63, 3.8) is 0 Å². The number of hydrogen-bond acceptors (Lipinski definition) is 5. The third-order valence-electron chi connectivity index (χ3n) is 5.94. The van der Waals surface area contributed by atoms with Crippen LogP contribution in [0.25, 0.3) is 0 Å². The number of nitrogens with zero attached hydrogens (tertiary/aromatic N) is 3. The SMILES string of the molecule is Cc1noc(C)c1CN1CC2(CCN(Cc3ccccc3)C2)CC1=O.O=C(O)C(F)(F)F. The molecule has 1 aromatic heterocycles. The lowest BCUT2D eigenvalue weighted by molar-refractivity contribution is -0.192. The predicted molar refractivity (Wildman–Crippen MR) is 108 cm³/mol. The number of likely N-dealkylation sites (tertiary alicyclic amines) is 2. The van der Waals surface area contributed by atoms with Crippen LogP contribution >= 0.6 is 0 Å². The number of aryl methyl sites for hydroxylation is 2. The van der Waals surface area contributed by atoms with Crippen molar-refractivity contribution in [1.82, 2.24) is 15.0 Å². The molecule has 2 fully saturated rings. The summed E-state index contributed by atoms with van der Waals surface area (Å²) in [5.41, 5.74) is 3.41. The summed E-state index contributed by atoms with van der Waals surface area (Å²) >= 11 is 0. The second-order valence-corrected chi connectivity index (χ2v) is 8.48. The van der Waals surface area contributed by atoms with E-state index in [4.69, 9.17) is 14.4 Å². The topological polar surface area (TPSA) is 86.9 Å². The summed E-state index contributed by atoms with van der Waals surface area (Å²) < 4.78 is 37.0. The Labute approximate surface area is 183 Å². The lowest BCUT2D eigenvalue weighted by Gasteiger charge is -2.24. The minimum absolute atomic E-state index is 0.116. The van der Waals surface area contributed by atoms with Gasteiger partial charge in [-0.15, -0.1) is 0 Å². The van der Waals surface area contributed by atoms with Gasteiger partial charge >= 0.3 is 12.1 Å². The maximum absolute atomic E-state index is 12.6. The van der Waals surface area contributed by atoms with Gasteiger partial charge in [-0.05, 0) is 32.4 Å². The highest BCUT2D eigenvalue weighted by atomic mass is 19.4. The van der Waals surface area contributed by atoms with E-state index in [0.717, 1.165) is 49.6 Å². The van der Waals surface area contributed by atoms with Gasteiger partial charge in [-0.25, -0.2) is 4.79 Å². The van der Waals surface area contributed by atoms with Crippen LogP contribution in [0.15, 0.2) is 34.9 Å². The summed E-state index contributed by atoms with van der Waals surface area (Å²) in [6.45, 7) is 8.39. The van der Waals surface area contributed by atoms with Crippen LogP contribution < -0.4 is 0 Å². The minimum Gasteiger partial charge on any atom is -0.475 e. The number of carboxylic acid groups (broad SMARTS) is 1. The Kier molecular flexibility index (Phi) is 6.92. The van der Waals surface area contributed by atoms with Gasteiger partial charge < -0.3 is 14.5 Å². The monoisotopic (exact) mass is 453 g/mol. The number of carboxylic acids is 1. The van der Waals surface area contributed by atoms with Crippen LogP contribution in [-0.2, 0) is 22.7 Å². The summed E-state index contributed by atoms with van der Waals surface area (Å²) in [5.74, 6) is -1.67. The van der Waals surface area contributed by atoms with Crippen molar-refractivity contribution in [1.29, 1.82) is 0 Å². The van der Waals surface area contributed by atoms with Gasteiger partial charge in [-0.1, -0.05) is 35.5 Å². The molecular formula is C22H26F3N3O4. The Morgan fingerprint density at radius 2 is 1.84 bits per heavy atom. The van der Waals surface area contributed by atoms with Gasteiger partial charge in [0.2, 0.25) is 5.91 Å². The van der Waals surface area contributed by atoms with E-state index in [9.17, 15) is 18.0 Å². The molecule has 1 atom stereocenters. The number of aromatic nitrogens is 1. The number of rotatable bonds is 4. The Hall–Kier alpha value is -2.88. The Balaban J connectivity index is 0.000000360. The van der Waals surface area contributed by atoms with E-state index in [1.807, 2.05) is 18.7 Å². The zero-order valence-electron chi connectivity index (χ0n) is 18.0. The van der Waals surface area contributed by atoms with Gasteiger partial charge in [0, 0.05) is 37.0 Å². The normalized spacial score (nSPS) is 21.2. The molecule has 7 nitrogen and oxygen atoms in total. The molecule has 0 bridgehead atoms. The Morgan fingerprint density at radius 1 is 1.19 bits per heavy atom. The third kappa shape index (κ3) is 5.67. The van der Waals surface area contributed by atoms with Crippen molar-refractivity contribution in [3.8, 4) is 0 Å². The predicted octanol–water partition coefficient (Wildman–Crippen LogP) is 3.55. The van der Waals surface area contributed by atoms with Crippen molar-refractivity contribution >= 4 is 11.9 Å². The van der Waals surface area contributed by atoms with E-state index >= 15 is 0 Å². The largest absolute Gasteiger partial charge is 0.490 e. The lowest BCUT2D eigenvalue weighted by Crippen LogP contribution is -2.31. The molecule has 1 unspecified atom stereocenters. The standard InChI is InChI=1S/C20H25N3O2.C2HF3O2/c1-15-18(16(2)25-21-15)12-23-14-20(10-19(23)24)8-9-22(13-20)11-17-6-4-3-5-7-17;3-2(4,5)1(6)7/h3-7H,8-14H2,1-2H3;(H,6,7). The number of benzene rings is 1. The number of aliphatic carboxylic acids is 1. The van der Waals surface area contributed by atoms with Gasteiger partial charge in [-0.2, -0.15) is 13.2 Å². The van der Waals surface area contributed by atoms with Gasteiger partial charge in [0.05, 0.1) is 12.2 Å². The van der Waals surface area contributed by atoms with Crippen LogP contribution in [0, 0.1) is 19.3 Å². The van der Waals surface area contributed by atoms with Gasteiger partial charge in [0.1, 0.15) is 5.76 Å². The number of carbonyl (C=O) groups excluding carboxylic acids is 1. The summed E-state index contributed by atoms with van der Waals surface area (Å²) in [4.78, 5) is 26.0. The quantitative estimate of drug-likeness (QED) is 0.762. The highest BCUT2D eigenvalue weighted by Gasteiger charge is 2.47. The maximum Gasteiger partial charge on any atom is 0.490 e. The molecule has 0 saturated carbocycles. The van der Waals surface area contributed by atoms with Crippen molar-refractivity contribution in [3.05, 3.63) is 52.9 Å². The van der Waals surface area contributed by atoms with E-state index < -0.39 is 12.1 Å². The highest BCUT2D eigenvalue weighted by Crippen LogP contribution is 2.41. The van der Waals surface area contributed by atoms with Crippen molar-refractivity contribution in [2.45, 2.75) is 46.0 Å². The minimum atomic E-state index is -5.08. The van der Waals surface area contributed by atoms with E-state index in [-0.39, 0.29) is 11.3 Å². The first-order valence-electron chi connectivity index (χ1n) is 10.2. The smallest absolute Gasteiger partial charge is 0.475 e. The van der Waals surface area contributed by atoms with Crippen LogP contribution in [0.1, 0.15) is 35.4 Å². The molecule has 2 saturated heterocycles. The Bertz CT molecular complexity index is 942. The van der Waals surface area contributed by atoms with E-state index in [1.165, 1.54) is 5.56 Å². The van der Waals surface area contributed by atoms with Crippen LogP contribution in [-0.4, -0.2) is 57.8 Å². The maximum atomic E-state index is 12.6. The third-order valence-corrected chi connectivity index (χ3v) is 5.94. The summed E-state index contributed by atoms with van der Waals surface area (Å²) in [6, 6.07) is 10.6. The first-order chi connectivity index (χ1) is 15.0. The zero-order valence-corrected chi connectivity index (χ0v) is 18.0. The number of amides is 1. The fraction of sp³-hybridized carbons (Fsp3) is 0.500. The number of hydrogen-bond donors (Lipinski definition) is 1. The average molecular weight is 453 g/mol. The second kappa shape index (κ2) is 9.32. The molecule has 2 aromatic rings. The average Bonchev–Trinajstić information content (AvgIpc) is 3.35. The first kappa shape index (κ1) is 23.8. The molecular weight excluding hydrogens is 427 g/mol. The van der Waals surface area contributed by atoms with Gasteiger partial charge in [0.15, 0.2) is 0 Å². The molecule has 2 aliphatic heterocycles. The number of halogens is 3. The molecule has 4 rings (SSSR count). The van der Waals surface area contributed by atoms with Crippen molar-refractivity contribution < 1.29 is 32.4 Å². The number of carbonyl (C=O) groups is 2. The Morgan fingerprint density at radius 3 is 2.41 bits per heavy atom. The fourth-order valence-electron chi connectivity index (χ4n) is 4.32. The summed E-state index contributed by atoms with van der Waals surface area (Å²) in [7, 11) is 0. The summed E-state index contributed by atoms with van der Waals surface area (Å²) in [5, 5.41) is 11.1. The van der Waals surface area contributed by atoms with Crippen LogP contribution in [0.3, 0.4) is 0 Å². The van der Waals surface area contributed by atoms with E-state index in [1.54, 1.807) is 0 Å². The second-order valence-electron chi connectivity index (χ2n) is 8.48. The van der Waals surface area contributed by atoms with Crippen LogP contribution in [0.4, 0.5) is 13.2 Å². The molecule has 0 radical (unpaired) electrons. The highest BCUT2D eigenvalue weighted by molar-refractivity contribution is 5.79. The van der Waals surface area contributed by atoms with Crippen LogP contribution in [0.5, 0.6) is 0 Å². The molecule has 2 aliphatic rings. The zero-order chi connectivity index (χ0) is 23.5. The lowest BCUT2D eigenvalue weighted by atomic mass is 9.86. The molecule has 10 heteroatoms. The van der Waals surface area contributed by atoms with E-state index in [0.29, 0.717) is 13.0 Å². The molecule has 0 aliphatic carbocycles. The molecule has 3 heterocycles. The fourth-order valence-corrected chi connectivity index (χ4v) is 4.32. The molecule has 32 heavy (non-hydrogen) atoms. The molecule has 1 spiro atoms. The van der Waals surface area contributed by atoms with Crippen molar-refractivity contribution in [2.24, 2.45) is 5.41 Å². The molecule has 1 aromatic carbocycles. The van der Waals surface area contributed by atoms with Crippen LogP contribution in [0.2, 0.25) is 0 Å².